The molecule has 2 aliphatic rings. The molecule has 25 heavy (non-hydrogen) atoms. The van der Waals surface area contributed by atoms with Crippen LogP contribution in [0.3, 0.4) is 0 Å². The van der Waals surface area contributed by atoms with Gasteiger partial charge in [0.1, 0.15) is 12.1 Å². The van der Waals surface area contributed by atoms with Crippen LogP contribution in [-0.4, -0.2) is 47.4 Å². The van der Waals surface area contributed by atoms with E-state index in [0.29, 0.717) is 6.54 Å². The second-order valence-corrected chi connectivity index (χ2v) is 7.35. The number of morpholine rings is 1. The van der Waals surface area contributed by atoms with Gasteiger partial charge in [0, 0.05) is 24.1 Å². The van der Waals surface area contributed by atoms with Gasteiger partial charge in [0.2, 0.25) is 5.91 Å². The van der Waals surface area contributed by atoms with E-state index in [4.69, 9.17) is 4.74 Å². The summed E-state index contributed by atoms with van der Waals surface area (Å²) >= 11 is 1.64. The smallest absolute Gasteiger partial charge is 0.234 e. The van der Waals surface area contributed by atoms with Crippen molar-refractivity contribution in [3.05, 3.63) is 47.9 Å². The Morgan fingerprint density at radius 1 is 1.28 bits per heavy atom. The lowest BCUT2D eigenvalue weighted by molar-refractivity contribution is -0.120. The predicted octanol–water partition coefficient (Wildman–Crippen LogP) is 1.65. The summed E-state index contributed by atoms with van der Waals surface area (Å²) in [6.45, 7) is 3.52. The van der Waals surface area contributed by atoms with Crippen LogP contribution in [0.2, 0.25) is 0 Å². The molecule has 0 aliphatic carbocycles. The number of hydrogen-bond donors (Lipinski definition) is 1. The average molecular weight is 356 g/mol. The van der Waals surface area contributed by atoms with Gasteiger partial charge in [0.25, 0.3) is 0 Å². The summed E-state index contributed by atoms with van der Waals surface area (Å²) in [7, 11) is 0. The first kappa shape index (κ1) is 16.4. The normalized spacial score (nSPS) is 19.5. The number of fused-ring (bicyclic) bond motifs is 1. The molecule has 7 heteroatoms. The Kier molecular flexibility index (Phi) is 4.85. The molecule has 0 saturated carbocycles. The predicted molar refractivity (Wildman–Crippen MR) is 96.7 cm³/mol. The molecular weight excluding hydrogens is 336 g/mol. The maximum Gasteiger partial charge on any atom is 0.234 e. The second kappa shape index (κ2) is 7.41. The van der Waals surface area contributed by atoms with Crippen molar-refractivity contribution in [1.29, 1.82) is 0 Å². The zero-order valence-corrected chi connectivity index (χ0v) is 14.7. The molecule has 2 aliphatic heterocycles. The van der Waals surface area contributed by atoms with Gasteiger partial charge in [-0.05, 0) is 18.1 Å². The minimum atomic E-state index is -0.0575. The topological polar surface area (TPSA) is 67.4 Å². The van der Waals surface area contributed by atoms with E-state index in [1.807, 2.05) is 18.2 Å². The monoisotopic (exact) mass is 356 g/mol. The van der Waals surface area contributed by atoms with E-state index >= 15 is 0 Å². The Bertz CT molecular complexity index is 739. The summed E-state index contributed by atoms with van der Waals surface area (Å²) in [5.74, 6) is 0.956. The SMILES string of the molecule is O=C(NCc1cc(N2CCOCC2)ncn1)C1Cc2ccccc2S1. The number of anilines is 1. The molecule has 0 radical (unpaired) electrons. The lowest BCUT2D eigenvalue weighted by Crippen LogP contribution is -2.37. The van der Waals surface area contributed by atoms with Crippen molar-refractivity contribution in [1.82, 2.24) is 15.3 Å². The summed E-state index contributed by atoms with van der Waals surface area (Å²) < 4.78 is 5.37. The van der Waals surface area contributed by atoms with E-state index in [9.17, 15) is 4.79 Å². The molecule has 3 heterocycles. The standard InChI is InChI=1S/C18H20N4O2S/c23-18(16-9-13-3-1-2-4-15(13)25-16)19-11-14-10-17(21-12-20-14)22-5-7-24-8-6-22/h1-4,10,12,16H,5-9,11H2,(H,19,23). The number of ether oxygens (including phenoxy) is 1. The Morgan fingerprint density at radius 2 is 2.12 bits per heavy atom. The number of hydrogen-bond acceptors (Lipinski definition) is 6. The molecule has 1 saturated heterocycles. The van der Waals surface area contributed by atoms with Crippen LogP contribution in [0.1, 0.15) is 11.3 Å². The highest BCUT2D eigenvalue weighted by Gasteiger charge is 2.27. The average Bonchev–Trinajstić information content (AvgIpc) is 3.11. The number of aromatic nitrogens is 2. The molecule has 6 nitrogen and oxygen atoms in total. The van der Waals surface area contributed by atoms with Crippen LogP contribution in [-0.2, 0) is 22.5 Å². The maximum atomic E-state index is 12.5. The van der Waals surface area contributed by atoms with Crippen molar-refractivity contribution in [3.8, 4) is 0 Å². The molecule has 1 atom stereocenters. The van der Waals surface area contributed by atoms with Crippen molar-refractivity contribution < 1.29 is 9.53 Å². The van der Waals surface area contributed by atoms with E-state index in [2.05, 4.69) is 32.3 Å². The molecule has 1 unspecified atom stereocenters. The van der Waals surface area contributed by atoms with Crippen LogP contribution in [0, 0.1) is 0 Å². The molecule has 1 N–H and O–H groups in total. The van der Waals surface area contributed by atoms with E-state index in [1.54, 1.807) is 18.1 Å². The van der Waals surface area contributed by atoms with Gasteiger partial charge in [0.05, 0.1) is 30.7 Å². The molecule has 1 fully saturated rings. The summed E-state index contributed by atoms with van der Waals surface area (Å²) in [5, 5.41) is 2.96. The fourth-order valence-corrected chi connectivity index (χ4v) is 4.29. The first-order chi connectivity index (χ1) is 12.3. The lowest BCUT2D eigenvalue weighted by Gasteiger charge is -2.27. The summed E-state index contributed by atoms with van der Waals surface area (Å²) in [4.78, 5) is 24.5. The Labute approximate surface area is 151 Å². The van der Waals surface area contributed by atoms with Crippen molar-refractivity contribution in [2.75, 3.05) is 31.2 Å². The number of thioether (sulfide) groups is 1. The van der Waals surface area contributed by atoms with E-state index in [0.717, 1.165) is 44.2 Å². The molecular formula is C18H20N4O2S. The zero-order valence-electron chi connectivity index (χ0n) is 13.9. The van der Waals surface area contributed by atoms with Gasteiger partial charge in [-0.2, -0.15) is 0 Å². The largest absolute Gasteiger partial charge is 0.378 e. The van der Waals surface area contributed by atoms with Gasteiger partial charge in [-0.3, -0.25) is 4.79 Å². The highest BCUT2D eigenvalue weighted by Crippen LogP contribution is 2.36. The zero-order chi connectivity index (χ0) is 17.1. The number of amides is 1. The molecule has 130 valence electrons. The number of nitrogens with zero attached hydrogens (tertiary/aromatic N) is 3. The fraction of sp³-hybridized carbons (Fsp3) is 0.389. The Morgan fingerprint density at radius 3 is 2.96 bits per heavy atom. The molecule has 4 rings (SSSR count). The number of rotatable bonds is 4. The molecule has 0 spiro atoms. The van der Waals surface area contributed by atoms with E-state index in [1.165, 1.54) is 10.5 Å². The van der Waals surface area contributed by atoms with Gasteiger partial charge in [0.15, 0.2) is 0 Å². The minimum absolute atomic E-state index is 0.0575. The van der Waals surface area contributed by atoms with Crippen LogP contribution < -0.4 is 10.2 Å². The first-order valence-corrected chi connectivity index (χ1v) is 9.33. The van der Waals surface area contributed by atoms with Gasteiger partial charge in [-0.25, -0.2) is 9.97 Å². The van der Waals surface area contributed by atoms with Crippen LogP contribution in [0.5, 0.6) is 0 Å². The third-order valence-corrected chi connectivity index (χ3v) is 5.75. The number of carbonyl (C=O) groups excluding carboxylic acids is 1. The molecule has 2 aromatic rings. The van der Waals surface area contributed by atoms with Crippen molar-refractivity contribution in [3.63, 3.8) is 0 Å². The Balaban J connectivity index is 1.35. The van der Waals surface area contributed by atoms with Gasteiger partial charge in [-0.1, -0.05) is 18.2 Å². The van der Waals surface area contributed by atoms with Crippen molar-refractivity contribution >= 4 is 23.5 Å². The quantitative estimate of drug-likeness (QED) is 0.898. The number of benzene rings is 1. The van der Waals surface area contributed by atoms with Crippen LogP contribution >= 0.6 is 11.8 Å². The number of nitrogens with one attached hydrogen (secondary N) is 1. The first-order valence-electron chi connectivity index (χ1n) is 8.45. The van der Waals surface area contributed by atoms with E-state index in [-0.39, 0.29) is 11.2 Å². The lowest BCUT2D eigenvalue weighted by atomic mass is 10.1. The Hall–Kier alpha value is -2.12. The molecule has 0 bridgehead atoms. The fourth-order valence-electron chi connectivity index (χ4n) is 3.07. The summed E-state index contributed by atoms with van der Waals surface area (Å²) in [6.07, 6.45) is 2.35. The van der Waals surface area contributed by atoms with Gasteiger partial charge >= 0.3 is 0 Å². The van der Waals surface area contributed by atoms with Gasteiger partial charge < -0.3 is 15.0 Å². The van der Waals surface area contributed by atoms with Crippen LogP contribution in [0.4, 0.5) is 5.82 Å². The summed E-state index contributed by atoms with van der Waals surface area (Å²) in [5.41, 5.74) is 2.08. The van der Waals surface area contributed by atoms with Crippen LogP contribution in [0.25, 0.3) is 0 Å². The van der Waals surface area contributed by atoms with E-state index < -0.39 is 0 Å². The van der Waals surface area contributed by atoms with Crippen molar-refractivity contribution in [2.45, 2.75) is 23.1 Å². The molecule has 1 aromatic heterocycles. The highest BCUT2D eigenvalue weighted by molar-refractivity contribution is 8.01. The van der Waals surface area contributed by atoms with Crippen molar-refractivity contribution in [2.24, 2.45) is 0 Å². The third-order valence-electron chi connectivity index (χ3n) is 4.43. The minimum Gasteiger partial charge on any atom is -0.378 e. The summed E-state index contributed by atoms with van der Waals surface area (Å²) in [6, 6.07) is 10.1. The molecule has 1 amide bonds. The number of carbonyl (C=O) groups is 1. The highest BCUT2D eigenvalue weighted by atomic mass is 32.2. The third kappa shape index (κ3) is 3.77. The van der Waals surface area contributed by atoms with Gasteiger partial charge in [-0.15, -0.1) is 11.8 Å². The maximum absolute atomic E-state index is 12.5. The second-order valence-electron chi connectivity index (χ2n) is 6.10. The molecule has 1 aromatic carbocycles. The van der Waals surface area contributed by atoms with Crippen LogP contribution in [0.15, 0.2) is 41.6 Å².